The number of carbonyl (C=O) groups excluding carboxylic acids is 1. The van der Waals surface area contributed by atoms with E-state index in [9.17, 15) is 15.0 Å². The minimum absolute atomic E-state index is 0.0636. The van der Waals surface area contributed by atoms with Crippen molar-refractivity contribution in [1.82, 2.24) is 14.8 Å². The summed E-state index contributed by atoms with van der Waals surface area (Å²) in [7, 11) is 0. The van der Waals surface area contributed by atoms with Crippen LogP contribution in [0.25, 0.3) is 0 Å². The summed E-state index contributed by atoms with van der Waals surface area (Å²) in [5.41, 5.74) is 7.07. The van der Waals surface area contributed by atoms with E-state index in [0.717, 1.165) is 32.5 Å². The fraction of sp³-hybridized carbons (Fsp3) is 0.737. The van der Waals surface area contributed by atoms with Gasteiger partial charge in [-0.15, -0.1) is 0 Å². The van der Waals surface area contributed by atoms with Crippen LogP contribution in [0.15, 0.2) is 0 Å². The number of aromatic hydroxyl groups is 2. The van der Waals surface area contributed by atoms with Crippen molar-refractivity contribution in [2.24, 2.45) is 17.6 Å². The van der Waals surface area contributed by atoms with E-state index in [1.54, 1.807) is 0 Å². The third-order valence-corrected chi connectivity index (χ3v) is 7.37. The number of rotatable bonds is 3. The maximum atomic E-state index is 12.8. The molecule has 146 valence electrons. The van der Waals surface area contributed by atoms with Crippen LogP contribution in [0.1, 0.15) is 49.0 Å². The van der Waals surface area contributed by atoms with E-state index < -0.39 is 6.10 Å². The molecule has 6 aliphatic rings. The second kappa shape index (κ2) is 5.18. The summed E-state index contributed by atoms with van der Waals surface area (Å²) >= 11 is 0. The van der Waals surface area contributed by atoms with Gasteiger partial charge in [0.05, 0.1) is 22.8 Å². The largest absolute Gasteiger partial charge is 0.494 e. The van der Waals surface area contributed by atoms with Gasteiger partial charge >= 0.3 is 0 Å². The molecule has 8 nitrogen and oxygen atoms in total. The monoisotopic (exact) mass is 374 g/mol. The number of piperidine rings is 3. The molecule has 1 aromatic heterocycles. The van der Waals surface area contributed by atoms with E-state index in [4.69, 9.17) is 10.5 Å². The van der Waals surface area contributed by atoms with Crippen molar-refractivity contribution in [1.29, 1.82) is 0 Å². The van der Waals surface area contributed by atoms with E-state index in [1.165, 1.54) is 11.0 Å². The second-order valence-corrected chi connectivity index (χ2v) is 9.40. The van der Waals surface area contributed by atoms with Crippen molar-refractivity contribution in [2.45, 2.75) is 56.0 Å². The summed E-state index contributed by atoms with van der Waals surface area (Å²) in [6.07, 6.45) is 3.31. The van der Waals surface area contributed by atoms with Crippen molar-refractivity contribution >= 4 is 5.91 Å². The van der Waals surface area contributed by atoms with Crippen LogP contribution >= 0.6 is 0 Å². The lowest BCUT2D eigenvalue weighted by molar-refractivity contribution is -0.128. The van der Waals surface area contributed by atoms with Gasteiger partial charge in [-0.2, -0.15) is 0 Å². The quantitative estimate of drug-likeness (QED) is 0.607. The van der Waals surface area contributed by atoms with Gasteiger partial charge in [0.15, 0.2) is 0 Å². The van der Waals surface area contributed by atoms with E-state index in [2.05, 4.69) is 10.2 Å². The van der Waals surface area contributed by atoms with Crippen molar-refractivity contribution in [3.63, 3.8) is 0 Å². The molecule has 1 saturated carbocycles. The molecule has 5 unspecified atom stereocenters. The minimum Gasteiger partial charge on any atom is -0.494 e. The molecule has 6 heterocycles. The first-order valence-corrected chi connectivity index (χ1v) is 10.0. The lowest BCUT2D eigenvalue weighted by Crippen LogP contribution is -2.68. The molecular formula is C19H26N4O4. The number of nitrogens with two attached hydrogens (primary N) is 1. The summed E-state index contributed by atoms with van der Waals surface area (Å²) in [6, 6.07) is -0.182. The molecule has 0 radical (unpaired) electrons. The summed E-state index contributed by atoms with van der Waals surface area (Å²) in [5.74, 6) is 1.05. The fourth-order valence-corrected chi connectivity index (χ4v) is 6.77. The van der Waals surface area contributed by atoms with E-state index >= 15 is 0 Å². The Labute approximate surface area is 157 Å². The molecule has 6 bridgehead atoms. The standard InChI is InChI=1S/C19H26N4O4/c20-11-2-12-14-15(16(11)27-12)18(26)23(17(14)25)7-13(24)21-19-3-9-1-10(4-19)6-22(5-9)8-19/h9-12,16,25-26H,1-8,20H2,(H,21,24). The Morgan fingerprint density at radius 2 is 1.89 bits per heavy atom. The van der Waals surface area contributed by atoms with Crippen LogP contribution in [-0.4, -0.2) is 56.8 Å². The Kier molecular flexibility index (Phi) is 3.11. The normalized spacial score (nSPS) is 43.3. The van der Waals surface area contributed by atoms with Gasteiger partial charge in [-0.25, -0.2) is 0 Å². The first kappa shape index (κ1) is 16.2. The molecular weight excluding hydrogens is 348 g/mol. The minimum atomic E-state index is -0.392. The molecule has 0 aromatic carbocycles. The molecule has 1 amide bonds. The second-order valence-electron chi connectivity index (χ2n) is 9.40. The summed E-state index contributed by atoms with van der Waals surface area (Å²) in [6.45, 7) is 3.14. The molecule has 7 rings (SSSR count). The molecule has 4 saturated heterocycles. The molecule has 5 atom stereocenters. The molecule has 5 N–H and O–H groups in total. The smallest absolute Gasteiger partial charge is 0.240 e. The number of ether oxygens (including phenoxy) is 1. The van der Waals surface area contributed by atoms with Gasteiger partial charge in [-0.05, 0) is 37.5 Å². The van der Waals surface area contributed by atoms with Gasteiger partial charge in [0.1, 0.15) is 12.6 Å². The number of hydrogen-bond acceptors (Lipinski definition) is 6. The Morgan fingerprint density at radius 1 is 1.19 bits per heavy atom. The molecule has 27 heavy (non-hydrogen) atoms. The Morgan fingerprint density at radius 3 is 2.59 bits per heavy atom. The number of fused-ring (bicyclic) bond motifs is 5. The van der Waals surface area contributed by atoms with Crippen molar-refractivity contribution in [3.05, 3.63) is 11.1 Å². The highest BCUT2D eigenvalue weighted by Gasteiger charge is 2.52. The Bertz CT molecular complexity index is 799. The summed E-state index contributed by atoms with van der Waals surface area (Å²) < 4.78 is 7.05. The predicted molar refractivity (Wildman–Crippen MR) is 95.1 cm³/mol. The molecule has 5 fully saturated rings. The van der Waals surface area contributed by atoms with Crippen LogP contribution in [-0.2, 0) is 16.1 Å². The first-order chi connectivity index (χ1) is 12.9. The molecule has 5 aliphatic heterocycles. The molecule has 1 aliphatic carbocycles. The van der Waals surface area contributed by atoms with Gasteiger partial charge < -0.3 is 30.9 Å². The molecule has 0 spiro atoms. The number of nitrogens with zero attached hydrogens (tertiary/aromatic N) is 2. The van der Waals surface area contributed by atoms with Gasteiger partial charge in [-0.1, -0.05) is 0 Å². The zero-order chi connectivity index (χ0) is 18.5. The van der Waals surface area contributed by atoms with E-state index in [0.29, 0.717) is 29.4 Å². The number of nitrogens with one attached hydrogen (secondary N) is 1. The SMILES string of the molecule is NC1CC2OC1c1c2c(O)n(CC(=O)NC23CC4CC(CN(C4)C2)C3)c1O. The number of aromatic nitrogens is 1. The Hall–Kier alpha value is -1.77. The van der Waals surface area contributed by atoms with Gasteiger partial charge in [-0.3, -0.25) is 9.36 Å². The third kappa shape index (κ3) is 2.17. The van der Waals surface area contributed by atoms with Gasteiger partial charge in [0.2, 0.25) is 17.7 Å². The zero-order valence-corrected chi connectivity index (χ0v) is 15.2. The zero-order valence-electron chi connectivity index (χ0n) is 15.2. The van der Waals surface area contributed by atoms with Crippen LogP contribution in [0, 0.1) is 11.8 Å². The van der Waals surface area contributed by atoms with Crippen LogP contribution in [0.4, 0.5) is 0 Å². The summed E-state index contributed by atoms with van der Waals surface area (Å²) in [4.78, 5) is 15.3. The van der Waals surface area contributed by atoms with Crippen LogP contribution in [0.5, 0.6) is 11.8 Å². The maximum Gasteiger partial charge on any atom is 0.240 e. The number of carbonyl (C=O) groups is 1. The topological polar surface area (TPSA) is 113 Å². The fourth-order valence-electron chi connectivity index (χ4n) is 6.77. The average molecular weight is 374 g/mol. The Balaban J connectivity index is 1.24. The van der Waals surface area contributed by atoms with E-state index in [-0.39, 0.29) is 41.9 Å². The van der Waals surface area contributed by atoms with Crippen LogP contribution in [0.2, 0.25) is 0 Å². The van der Waals surface area contributed by atoms with Gasteiger partial charge in [0, 0.05) is 25.7 Å². The average Bonchev–Trinajstić information content (AvgIpc) is 3.20. The third-order valence-electron chi connectivity index (χ3n) is 7.37. The lowest BCUT2D eigenvalue weighted by atomic mass is 9.64. The molecule has 1 aromatic rings. The van der Waals surface area contributed by atoms with Crippen LogP contribution < -0.4 is 11.1 Å². The van der Waals surface area contributed by atoms with E-state index in [1.807, 2.05) is 0 Å². The number of hydrogen-bond donors (Lipinski definition) is 4. The van der Waals surface area contributed by atoms with Crippen molar-refractivity contribution in [2.75, 3.05) is 19.6 Å². The van der Waals surface area contributed by atoms with Crippen LogP contribution in [0.3, 0.4) is 0 Å². The highest BCUT2D eigenvalue weighted by atomic mass is 16.5. The predicted octanol–water partition coefficient (Wildman–Crippen LogP) is 0.343. The first-order valence-electron chi connectivity index (χ1n) is 10.0. The molecule has 8 heteroatoms. The number of amides is 1. The lowest BCUT2D eigenvalue weighted by Gasteiger charge is -2.58. The van der Waals surface area contributed by atoms with Crippen molar-refractivity contribution in [3.8, 4) is 11.8 Å². The maximum absolute atomic E-state index is 12.8. The summed E-state index contributed by atoms with van der Waals surface area (Å²) in [5, 5.41) is 24.5. The van der Waals surface area contributed by atoms with Crippen molar-refractivity contribution < 1.29 is 19.7 Å². The van der Waals surface area contributed by atoms with Gasteiger partial charge in [0.25, 0.3) is 0 Å². The highest BCUT2D eigenvalue weighted by molar-refractivity contribution is 5.77. The highest BCUT2D eigenvalue weighted by Crippen LogP contribution is 2.57.